The molecule has 0 spiro atoms. The lowest BCUT2D eigenvalue weighted by molar-refractivity contribution is 0.0696. The number of carbonyl (C=O) groups is 1. The molecule has 0 fully saturated rings. The number of benzene rings is 3. The van der Waals surface area contributed by atoms with Crippen LogP contribution in [-0.4, -0.2) is 18.2 Å². The normalized spacial score (nSPS) is 10.6. The van der Waals surface area contributed by atoms with Crippen molar-refractivity contribution in [3.8, 4) is 11.5 Å². The van der Waals surface area contributed by atoms with Crippen LogP contribution in [0.25, 0.3) is 0 Å². The van der Waals surface area contributed by atoms with Crippen LogP contribution in [0.15, 0.2) is 48.5 Å². The van der Waals surface area contributed by atoms with Crippen LogP contribution >= 0.6 is 23.2 Å². The zero-order valence-corrected chi connectivity index (χ0v) is 18.4. The highest BCUT2D eigenvalue weighted by atomic mass is 35.5. The van der Waals surface area contributed by atoms with E-state index in [1.54, 1.807) is 43.3 Å². The summed E-state index contributed by atoms with van der Waals surface area (Å²) in [6.07, 6.45) is 0. The van der Waals surface area contributed by atoms with Crippen molar-refractivity contribution >= 4 is 34.9 Å². The van der Waals surface area contributed by atoms with E-state index in [-0.39, 0.29) is 17.2 Å². The topological polar surface area (TPSA) is 67.8 Å². The summed E-state index contributed by atoms with van der Waals surface area (Å²) in [7, 11) is 1.51. The highest BCUT2D eigenvalue weighted by Gasteiger charge is 2.14. The number of anilines is 1. The third kappa shape index (κ3) is 5.40. The second kappa shape index (κ2) is 9.90. The first-order valence-corrected chi connectivity index (χ1v) is 10.1. The zero-order valence-electron chi connectivity index (χ0n) is 16.8. The van der Waals surface area contributed by atoms with E-state index in [4.69, 9.17) is 32.7 Å². The minimum Gasteiger partial charge on any atom is -0.493 e. The van der Waals surface area contributed by atoms with Crippen molar-refractivity contribution < 1.29 is 23.8 Å². The van der Waals surface area contributed by atoms with Gasteiger partial charge in [-0.2, -0.15) is 0 Å². The molecular formula is C23H20Cl2FNO4. The van der Waals surface area contributed by atoms with Crippen LogP contribution in [0.2, 0.25) is 10.0 Å². The number of methoxy groups -OCH3 is 1. The van der Waals surface area contributed by atoms with Crippen molar-refractivity contribution in [2.45, 2.75) is 20.1 Å². The fourth-order valence-electron chi connectivity index (χ4n) is 3.03. The molecule has 0 unspecified atom stereocenters. The zero-order chi connectivity index (χ0) is 22.5. The van der Waals surface area contributed by atoms with Crippen molar-refractivity contribution in [2.24, 2.45) is 0 Å². The van der Waals surface area contributed by atoms with Crippen molar-refractivity contribution in [1.82, 2.24) is 0 Å². The molecule has 162 valence electrons. The molecule has 0 bridgehead atoms. The summed E-state index contributed by atoms with van der Waals surface area (Å²) in [4.78, 5) is 11.3. The number of halogens is 3. The van der Waals surface area contributed by atoms with Crippen LogP contribution in [0.3, 0.4) is 0 Å². The van der Waals surface area contributed by atoms with Crippen molar-refractivity contribution in [3.05, 3.63) is 86.6 Å². The molecule has 0 aliphatic carbocycles. The van der Waals surface area contributed by atoms with Crippen LogP contribution in [-0.2, 0) is 13.2 Å². The fourth-order valence-corrected chi connectivity index (χ4v) is 3.47. The van der Waals surface area contributed by atoms with Crippen LogP contribution in [0.4, 0.5) is 10.1 Å². The van der Waals surface area contributed by atoms with Crippen LogP contribution < -0.4 is 14.8 Å². The number of hydrogen-bond donors (Lipinski definition) is 2. The largest absolute Gasteiger partial charge is 0.493 e. The van der Waals surface area contributed by atoms with Crippen LogP contribution in [0, 0.1) is 12.7 Å². The van der Waals surface area contributed by atoms with E-state index in [2.05, 4.69) is 5.32 Å². The standard InChI is InChI=1S/C23H20Cl2FNO4/c1-13-17(23(28)29)4-3-5-20(13)27-11-15-8-21(30-2)22(10-19(15)25)31-12-14-6-7-16(26)9-18(14)24/h3-10,27H,11-12H2,1-2H3,(H,28,29). The molecule has 0 atom stereocenters. The summed E-state index contributed by atoms with van der Waals surface area (Å²) < 4.78 is 24.4. The molecule has 3 rings (SSSR count). The highest BCUT2D eigenvalue weighted by molar-refractivity contribution is 6.31. The Bertz CT molecular complexity index is 1120. The SMILES string of the molecule is COc1cc(CNc2cccc(C(=O)O)c2C)c(Cl)cc1OCc1ccc(F)cc1Cl. The predicted molar refractivity (Wildman–Crippen MR) is 119 cm³/mol. The number of hydrogen-bond acceptors (Lipinski definition) is 4. The molecule has 3 aromatic carbocycles. The van der Waals surface area contributed by atoms with Gasteiger partial charge < -0.3 is 19.9 Å². The molecule has 0 radical (unpaired) electrons. The summed E-state index contributed by atoms with van der Waals surface area (Å²) in [5, 5.41) is 13.2. The summed E-state index contributed by atoms with van der Waals surface area (Å²) in [6.45, 7) is 2.21. The second-order valence-electron chi connectivity index (χ2n) is 6.76. The van der Waals surface area contributed by atoms with E-state index < -0.39 is 11.8 Å². The Kier molecular flexibility index (Phi) is 7.25. The van der Waals surface area contributed by atoms with E-state index in [9.17, 15) is 14.3 Å². The van der Waals surface area contributed by atoms with Crippen LogP contribution in [0.1, 0.15) is 27.0 Å². The monoisotopic (exact) mass is 463 g/mol. The van der Waals surface area contributed by atoms with Gasteiger partial charge in [0, 0.05) is 28.9 Å². The van der Waals surface area contributed by atoms with Gasteiger partial charge in [-0.15, -0.1) is 0 Å². The average molecular weight is 464 g/mol. The quantitative estimate of drug-likeness (QED) is 0.407. The molecule has 31 heavy (non-hydrogen) atoms. The molecule has 0 saturated heterocycles. The minimum atomic E-state index is -0.983. The summed E-state index contributed by atoms with van der Waals surface area (Å²) in [5.74, 6) is -0.518. The predicted octanol–water partition coefficient (Wildman–Crippen LogP) is 6.34. The Morgan fingerprint density at radius 3 is 2.48 bits per heavy atom. The number of aromatic carboxylic acids is 1. The smallest absolute Gasteiger partial charge is 0.336 e. The van der Waals surface area contributed by atoms with E-state index >= 15 is 0 Å². The van der Waals surface area contributed by atoms with Gasteiger partial charge >= 0.3 is 5.97 Å². The van der Waals surface area contributed by atoms with E-state index in [0.29, 0.717) is 39.9 Å². The lowest BCUT2D eigenvalue weighted by atomic mass is 10.1. The molecule has 5 nitrogen and oxygen atoms in total. The Morgan fingerprint density at radius 2 is 1.81 bits per heavy atom. The van der Waals surface area contributed by atoms with Crippen molar-refractivity contribution in [2.75, 3.05) is 12.4 Å². The number of ether oxygens (including phenoxy) is 2. The first-order chi connectivity index (χ1) is 14.8. The number of carboxylic acid groups (broad SMARTS) is 1. The maximum Gasteiger partial charge on any atom is 0.336 e. The lowest BCUT2D eigenvalue weighted by Crippen LogP contribution is -2.06. The molecule has 0 aromatic heterocycles. The van der Waals surface area contributed by atoms with Gasteiger partial charge in [0.05, 0.1) is 17.7 Å². The Labute approximate surface area is 189 Å². The average Bonchev–Trinajstić information content (AvgIpc) is 2.73. The Morgan fingerprint density at radius 1 is 1.06 bits per heavy atom. The lowest BCUT2D eigenvalue weighted by Gasteiger charge is -2.16. The van der Waals surface area contributed by atoms with E-state index in [0.717, 1.165) is 5.56 Å². The number of carboxylic acids is 1. The number of nitrogens with one attached hydrogen (secondary N) is 1. The van der Waals surface area contributed by atoms with Gasteiger partial charge in [-0.05, 0) is 48.4 Å². The highest BCUT2D eigenvalue weighted by Crippen LogP contribution is 2.35. The molecular weight excluding hydrogens is 444 g/mol. The van der Waals surface area contributed by atoms with Crippen molar-refractivity contribution in [1.29, 1.82) is 0 Å². The third-order valence-electron chi connectivity index (χ3n) is 4.76. The molecule has 0 amide bonds. The molecule has 3 aromatic rings. The molecule has 0 aliphatic rings. The first kappa shape index (κ1) is 22.7. The first-order valence-electron chi connectivity index (χ1n) is 9.30. The summed E-state index contributed by atoms with van der Waals surface area (Å²) >= 11 is 12.5. The maximum absolute atomic E-state index is 13.2. The van der Waals surface area contributed by atoms with Gasteiger partial charge in [0.25, 0.3) is 0 Å². The molecule has 0 heterocycles. The summed E-state index contributed by atoms with van der Waals surface area (Å²) in [6, 6.07) is 12.5. The minimum absolute atomic E-state index is 0.116. The van der Waals surface area contributed by atoms with E-state index in [1.807, 2.05) is 0 Å². The third-order valence-corrected chi connectivity index (χ3v) is 5.47. The van der Waals surface area contributed by atoms with Gasteiger partial charge in [0.1, 0.15) is 12.4 Å². The van der Waals surface area contributed by atoms with Crippen molar-refractivity contribution in [3.63, 3.8) is 0 Å². The Balaban J connectivity index is 1.76. The van der Waals surface area contributed by atoms with Gasteiger partial charge in [-0.1, -0.05) is 35.3 Å². The maximum atomic E-state index is 13.2. The van der Waals surface area contributed by atoms with Gasteiger partial charge in [-0.3, -0.25) is 0 Å². The number of rotatable bonds is 8. The van der Waals surface area contributed by atoms with E-state index in [1.165, 1.54) is 19.2 Å². The van der Waals surface area contributed by atoms with Crippen LogP contribution in [0.5, 0.6) is 11.5 Å². The second-order valence-corrected chi connectivity index (χ2v) is 7.57. The summed E-state index contributed by atoms with van der Waals surface area (Å²) in [5.41, 5.74) is 2.93. The molecule has 8 heteroatoms. The Hall–Kier alpha value is -2.96. The molecule has 0 aliphatic heterocycles. The van der Waals surface area contributed by atoms with Gasteiger partial charge in [-0.25, -0.2) is 9.18 Å². The molecule has 0 saturated carbocycles. The molecule has 2 N–H and O–H groups in total. The van der Waals surface area contributed by atoms with Gasteiger partial charge in [0.15, 0.2) is 11.5 Å². The van der Waals surface area contributed by atoms with Gasteiger partial charge in [0.2, 0.25) is 0 Å². The fraction of sp³-hybridized carbons (Fsp3) is 0.174.